The third-order valence-electron chi connectivity index (χ3n) is 7.48. The van der Waals surface area contributed by atoms with Crippen LogP contribution in [0.3, 0.4) is 0 Å². The lowest BCUT2D eigenvalue weighted by atomic mass is 9.63. The highest BCUT2D eigenvalue weighted by Gasteiger charge is 2.55. The number of rotatable bonds is 4. The maximum Gasteiger partial charge on any atom is 0.00407 e. The van der Waals surface area contributed by atoms with E-state index in [1.165, 1.54) is 77.4 Å². The van der Waals surface area contributed by atoms with Crippen molar-refractivity contribution in [2.24, 2.45) is 22.7 Å². The van der Waals surface area contributed by atoms with Gasteiger partial charge in [0.2, 0.25) is 0 Å². The highest BCUT2D eigenvalue weighted by atomic mass is 15.2. The molecule has 1 nitrogen and oxygen atoms in total. The molecule has 0 spiro atoms. The monoisotopic (exact) mass is 277 g/mol. The molecule has 2 aliphatic carbocycles. The molecule has 1 heterocycles. The summed E-state index contributed by atoms with van der Waals surface area (Å²) in [6.45, 7) is 11.7. The first-order chi connectivity index (χ1) is 9.51. The van der Waals surface area contributed by atoms with Crippen LogP contribution in [0.2, 0.25) is 0 Å². The van der Waals surface area contributed by atoms with Crippen molar-refractivity contribution in [3.63, 3.8) is 0 Å². The Morgan fingerprint density at radius 2 is 1.75 bits per heavy atom. The minimum absolute atomic E-state index is 0.576. The molecule has 0 aromatic rings. The largest absolute Gasteiger partial charge is 0.302 e. The summed E-state index contributed by atoms with van der Waals surface area (Å²) in [5.41, 5.74) is 1.16. The number of hydrogen-bond donors (Lipinski definition) is 0. The predicted octanol–water partition coefficient (Wildman–Crippen LogP) is 5.11. The van der Waals surface area contributed by atoms with Gasteiger partial charge in [0.05, 0.1) is 0 Å². The second kappa shape index (κ2) is 5.63. The van der Waals surface area contributed by atoms with Gasteiger partial charge in [-0.05, 0) is 54.9 Å². The number of hydrogen-bond acceptors (Lipinski definition) is 1. The van der Waals surface area contributed by atoms with E-state index >= 15 is 0 Å². The van der Waals surface area contributed by atoms with Gasteiger partial charge in [0.1, 0.15) is 0 Å². The third-order valence-corrected chi connectivity index (χ3v) is 7.48. The molecule has 116 valence electrons. The second-order valence-corrected chi connectivity index (χ2v) is 8.90. The van der Waals surface area contributed by atoms with Crippen molar-refractivity contribution in [2.75, 3.05) is 19.6 Å². The molecule has 3 rings (SSSR count). The van der Waals surface area contributed by atoms with E-state index in [1.54, 1.807) is 0 Å². The zero-order valence-electron chi connectivity index (χ0n) is 14.1. The summed E-state index contributed by atoms with van der Waals surface area (Å²) in [5, 5.41) is 0. The summed E-state index contributed by atoms with van der Waals surface area (Å²) in [4.78, 5) is 2.81. The molecule has 0 amide bonds. The highest BCUT2D eigenvalue weighted by Crippen LogP contribution is 2.58. The van der Waals surface area contributed by atoms with Crippen LogP contribution in [0.15, 0.2) is 0 Å². The zero-order chi connectivity index (χ0) is 14.2. The van der Waals surface area contributed by atoms with E-state index in [0.29, 0.717) is 10.8 Å². The highest BCUT2D eigenvalue weighted by molar-refractivity contribution is 5.05. The SMILES string of the molecule is CC1(C)C2CC[C@]1(C)CN(CCCC1CCCCC1)C2. The molecule has 0 aromatic carbocycles. The maximum absolute atomic E-state index is 2.81. The minimum atomic E-state index is 0.576. The normalized spacial score (nSPS) is 38.2. The lowest BCUT2D eigenvalue weighted by Crippen LogP contribution is -2.52. The topological polar surface area (TPSA) is 3.24 Å². The van der Waals surface area contributed by atoms with E-state index in [2.05, 4.69) is 25.7 Å². The fourth-order valence-corrected chi connectivity index (χ4v) is 5.39. The van der Waals surface area contributed by atoms with Crippen LogP contribution in [-0.2, 0) is 0 Å². The standard InChI is InChI=1S/C19H35N/c1-18(2)17-11-12-19(18,3)15-20(14-17)13-7-10-16-8-5-4-6-9-16/h16-17H,4-15H2,1-3H3/t17?,19-/m1/s1. The first-order valence-corrected chi connectivity index (χ1v) is 9.24. The molecule has 2 atom stereocenters. The van der Waals surface area contributed by atoms with Gasteiger partial charge in [0.15, 0.2) is 0 Å². The van der Waals surface area contributed by atoms with Crippen LogP contribution >= 0.6 is 0 Å². The number of fused-ring (bicyclic) bond motifs is 2. The molecular weight excluding hydrogens is 242 g/mol. The van der Waals surface area contributed by atoms with Crippen molar-refractivity contribution in [3.8, 4) is 0 Å². The Morgan fingerprint density at radius 1 is 1.00 bits per heavy atom. The van der Waals surface area contributed by atoms with E-state index in [9.17, 15) is 0 Å². The molecule has 0 aromatic heterocycles. The molecule has 1 heteroatoms. The van der Waals surface area contributed by atoms with Crippen LogP contribution in [0.5, 0.6) is 0 Å². The van der Waals surface area contributed by atoms with Crippen LogP contribution in [0.25, 0.3) is 0 Å². The average Bonchev–Trinajstić information content (AvgIpc) is 2.57. The van der Waals surface area contributed by atoms with Crippen LogP contribution in [0.1, 0.15) is 78.6 Å². The Labute approximate surface area is 126 Å². The van der Waals surface area contributed by atoms with Crippen molar-refractivity contribution in [2.45, 2.75) is 78.6 Å². The van der Waals surface area contributed by atoms with Crippen molar-refractivity contribution >= 4 is 0 Å². The summed E-state index contributed by atoms with van der Waals surface area (Å²) >= 11 is 0. The molecule has 2 saturated carbocycles. The van der Waals surface area contributed by atoms with Gasteiger partial charge in [-0.1, -0.05) is 52.9 Å². The molecule has 2 bridgehead atoms. The Bertz CT molecular complexity index is 329. The maximum atomic E-state index is 2.81. The Morgan fingerprint density at radius 3 is 2.45 bits per heavy atom. The summed E-state index contributed by atoms with van der Waals surface area (Å²) in [6.07, 6.45) is 13.4. The van der Waals surface area contributed by atoms with E-state index in [4.69, 9.17) is 0 Å². The molecule has 20 heavy (non-hydrogen) atoms. The molecular formula is C19H35N. The first-order valence-electron chi connectivity index (χ1n) is 9.24. The van der Waals surface area contributed by atoms with Crippen molar-refractivity contribution in [1.29, 1.82) is 0 Å². The van der Waals surface area contributed by atoms with E-state index in [1.807, 2.05) is 0 Å². The summed E-state index contributed by atoms with van der Waals surface area (Å²) < 4.78 is 0. The van der Waals surface area contributed by atoms with Crippen LogP contribution in [0.4, 0.5) is 0 Å². The van der Waals surface area contributed by atoms with Crippen molar-refractivity contribution in [1.82, 2.24) is 4.90 Å². The van der Waals surface area contributed by atoms with E-state index < -0.39 is 0 Å². The van der Waals surface area contributed by atoms with Crippen LogP contribution < -0.4 is 0 Å². The number of piperidine rings is 1. The first kappa shape index (κ1) is 14.9. The quantitative estimate of drug-likeness (QED) is 0.690. The second-order valence-electron chi connectivity index (χ2n) is 8.90. The Balaban J connectivity index is 1.46. The summed E-state index contributed by atoms with van der Waals surface area (Å²) in [7, 11) is 0. The number of likely N-dealkylation sites (tertiary alicyclic amines) is 1. The van der Waals surface area contributed by atoms with Gasteiger partial charge in [-0.15, -0.1) is 0 Å². The summed E-state index contributed by atoms with van der Waals surface area (Å²) in [6, 6.07) is 0. The smallest absolute Gasteiger partial charge is 0.00407 e. The van der Waals surface area contributed by atoms with Crippen LogP contribution in [0, 0.1) is 22.7 Å². The lowest BCUT2D eigenvalue weighted by molar-refractivity contribution is -0.0184. The fraction of sp³-hybridized carbons (Fsp3) is 1.00. The van der Waals surface area contributed by atoms with E-state index in [0.717, 1.165) is 11.8 Å². The van der Waals surface area contributed by atoms with E-state index in [-0.39, 0.29) is 0 Å². The average molecular weight is 277 g/mol. The van der Waals surface area contributed by atoms with Crippen molar-refractivity contribution < 1.29 is 0 Å². The molecule has 3 aliphatic rings. The third kappa shape index (κ3) is 2.67. The fourth-order valence-electron chi connectivity index (χ4n) is 5.39. The molecule has 0 radical (unpaired) electrons. The van der Waals surface area contributed by atoms with Gasteiger partial charge in [0, 0.05) is 13.1 Å². The molecule has 1 saturated heterocycles. The predicted molar refractivity (Wildman–Crippen MR) is 86.9 cm³/mol. The van der Waals surface area contributed by atoms with Gasteiger partial charge < -0.3 is 4.90 Å². The summed E-state index contributed by atoms with van der Waals surface area (Å²) in [5.74, 6) is 2.02. The van der Waals surface area contributed by atoms with Crippen molar-refractivity contribution in [3.05, 3.63) is 0 Å². The van der Waals surface area contributed by atoms with Gasteiger partial charge >= 0.3 is 0 Å². The molecule has 1 unspecified atom stereocenters. The zero-order valence-corrected chi connectivity index (χ0v) is 14.1. The Hall–Kier alpha value is -0.0400. The molecule has 1 aliphatic heterocycles. The number of nitrogens with zero attached hydrogens (tertiary/aromatic N) is 1. The van der Waals surface area contributed by atoms with Gasteiger partial charge in [-0.3, -0.25) is 0 Å². The van der Waals surface area contributed by atoms with Gasteiger partial charge in [0.25, 0.3) is 0 Å². The molecule has 0 N–H and O–H groups in total. The minimum Gasteiger partial charge on any atom is -0.302 e. The van der Waals surface area contributed by atoms with Crippen LogP contribution in [-0.4, -0.2) is 24.5 Å². The van der Waals surface area contributed by atoms with Gasteiger partial charge in [-0.2, -0.15) is 0 Å². The van der Waals surface area contributed by atoms with Gasteiger partial charge in [-0.25, -0.2) is 0 Å². The lowest BCUT2D eigenvalue weighted by Gasteiger charge is -2.50. The molecule has 3 fully saturated rings. The Kier molecular flexibility index (Phi) is 4.19.